The number of hydrogen-bond donors (Lipinski definition) is 1. The molecule has 0 spiro atoms. The molecule has 122 valence electrons. The number of carbonyl (C=O) groups excluding carboxylic acids is 1. The SMILES string of the molecule is CC[C@@H](NC(=O)CSCc1cccc(Cl)c1)c1ccc(C)cc1. The average Bonchev–Trinajstić information content (AvgIpc) is 2.54. The molecule has 0 aliphatic heterocycles. The predicted octanol–water partition coefficient (Wildman–Crippen LogP) is 5.15. The van der Waals surface area contributed by atoms with Crippen LogP contribution in [0.15, 0.2) is 48.5 Å². The van der Waals surface area contributed by atoms with Crippen molar-refractivity contribution in [2.75, 3.05) is 5.75 Å². The third kappa shape index (κ3) is 5.92. The molecule has 23 heavy (non-hydrogen) atoms. The summed E-state index contributed by atoms with van der Waals surface area (Å²) < 4.78 is 0. The highest BCUT2D eigenvalue weighted by molar-refractivity contribution is 7.99. The van der Waals surface area contributed by atoms with E-state index in [9.17, 15) is 4.79 Å². The van der Waals surface area contributed by atoms with Crippen molar-refractivity contribution in [1.29, 1.82) is 0 Å². The van der Waals surface area contributed by atoms with E-state index >= 15 is 0 Å². The molecule has 0 unspecified atom stereocenters. The molecule has 0 aliphatic carbocycles. The van der Waals surface area contributed by atoms with E-state index in [2.05, 4.69) is 43.4 Å². The van der Waals surface area contributed by atoms with Gasteiger partial charge in [0.05, 0.1) is 11.8 Å². The standard InChI is InChI=1S/C19H22ClNOS/c1-3-18(16-9-7-14(2)8-10-16)21-19(22)13-23-12-15-5-4-6-17(20)11-15/h4-11,18H,3,12-13H2,1-2H3,(H,21,22)/t18-/m1/s1. The molecule has 0 aliphatic rings. The Hall–Kier alpha value is -1.45. The molecule has 0 aromatic heterocycles. The molecule has 2 aromatic carbocycles. The Morgan fingerprint density at radius 2 is 1.96 bits per heavy atom. The second-order valence-corrected chi connectivity index (χ2v) is 6.98. The maximum Gasteiger partial charge on any atom is 0.230 e. The van der Waals surface area contributed by atoms with E-state index in [1.165, 1.54) is 5.56 Å². The van der Waals surface area contributed by atoms with Gasteiger partial charge in [0.15, 0.2) is 0 Å². The van der Waals surface area contributed by atoms with Gasteiger partial charge in [-0.1, -0.05) is 60.5 Å². The third-order valence-corrected chi connectivity index (χ3v) is 4.85. The van der Waals surface area contributed by atoms with Crippen molar-refractivity contribution < 1.29 is 4.79 Å². The largest absolute Gasteiger partial charge is 0.349 e. The highest BCUT2D eigenvalue weighted by atomic mass is 35.5. The van der Waals surface area contributed by atoms with Crippen molar-refractivity contribution in [3.63, 3.8) is 0 Å². The lowest BCUT2D eigenvalue weighted by Gasteiger charge is -2.17. The van der Waals surface area contributed by atoms with Crippen molar-refractivity contribution in [3.05, 3.63) is 70.2 Å². The van der Waals surface area contributed by atoms with Crippen molar-refractivity contribution in [2.24, 2.45) is 0 Å². The lowest BCUT2D eigenvalue weighted by Crippen LogP contribution is -2.29. The van der Waals surface area contributed by atoms with Crippen LogP contribution in [0.3, 0.4) is 0 Å². The Kier molecular flexibility index (Phi) is 7.00. The Bertz CT molecular complexity index is 642. The fourth-order valence-electron chi connectivity index (χ4n) is 2.34. The van der Waals surface area contributed by atoms with Crippen LogP contribution in [0.25, 0.3) is 0 Å². The van der Waals surface area contributed by atoms with Gasteiger partial charge in [0, 0.05) is 10.8 Å². The molecule has 2 nitrogen and oxygen atoms in total. The highest BCUT2D eigenvalue weighted by Crippen LogP contribution is 2.19. The number of rotatable bonds is 7. The summed E-state index contributed by atoms with van der Waals surface area (Å²) in [5, 5.41) is 3.85. The van der Waals surface area contributed by atoms with Crippen LogP contribution < -0.4 is 5.32 Å². The molecule has 1 amide bonds. The first-order chi connectivity index (χ1) is 11.1. The van der Waals surface area contributed by atoms with E-state index in [-0.39, 0.29) is 11.9 Å². The minimum Gasteiger partial charge on any atom is -0.349 e. The zero-order valence-electron chi connectivity index (χ0n) is 13.5. The molecule has 2 aromatic rings. The fourth-order valence-corrected chi connectivity index (χ4v) is 3.34. The molecular weight excluding hydrogens is 326 g/mol. The zero-order valence-corrected chi connectivity index (χ0v) is 15.1. The Balaban J connectivity index is 1.82. The van der Waals surface area contributed by atoms with Crippen LogP contribution in [-0.2, 0) is 10.5 Å². The molecule has 0 fully saturated rings. The maximum absolute atomic E-state index is 12.2. The summed E-state index contributed by atoms with van der Waals surface area (Å²) in [5.74, 6) is 1.31. The topological polar surface area (TPSA) is 29.1 Å². The lowest BCUT2D eigenvalue weighted by atomic mass is 10.0. The maximum atomic E-state index is 12.2. The number of thioether (sulfide) groups is 1. The van der Waals surface area contributed by atoms with Crippen LogP contribution in [-0.4, -0.2) is 11.7 Å². The molecule has 1 atom stereocenters. The van der Waals surface area contributed by atoms with Crippen LogP contribution in [0.2, 0.25) is 5.02 Å². The van der Waals surface area contributed by atoms with Crippen LogP contribution >= 0.6 is 23.4 Å². The predicted molar refractivity (Wildman–Crippen MR) is 100.0 cm³/mol. The summed E-state index contributed by atoms with van der Waals surface area (Å²) in [6.07, 6.45) is 0.883. The molecular formula is C19H22ClNOS. The van der Waals surface area contributed by atoms with Crippen LogP contribution in [0.1, 0.15) is 36.1 Å². The van der Waals surface area contributed by atoms with Crippen LogP contribution in [0.4, 0.5) is 0 Å². The molecule has 0 heterocycles. The monoisotopic (exact) mass is 347 g/mol. The van der Waals surface area contributed by atoms with Gasteiger partial charge in [-0.15, -0.1) is 11.8 Å². The molecule has 1 N–H and O–H groups in total. The van der Waals surface area contributed by atoms with Crippen molar-refractivity contribution in [3.8, 4) is 0 Å². The number of halogens is 1. The summed E-state index contributed by atoms with van der Waals surface area (Å²) in [5.41, 5.74) is 3.53. The van der Waals surface area contributed by atoms with Crippen molar-refractivity contribution in [2.45, 2.75) is 32.1 Å². The van der Waals surface area contributed by atoms with Crippen molar-refractivity contribution >= 4 is 29.3 Å². The van der Waals surface area contributed by atoms with Gasteiger partial charge < -0.3 is 5.32 Å². The first-order valence-electron chi connectivity index (χ1n) is 7.76. The summed E-state index contributed by atoms with van der Waals surface area (Å²) >= 11 is 7.57. The van der Waals surface area contributed by atoms with Gasteiger partial charge in [-0.2, -0.15) is 0 Å². The fraction of sp³-hybridized carbons (Fsp3) is 0.316. The smallest absolute Gasteiger partial charge is 0.230 e. The van der Waals surface area contributed by atoms with Gasteiger partial charge in [-0.05, 0) is 36.6 Å². The van der Waals surface area contributed by atoms with Gasteiger partial charge in [-0.25, -0.2) is 0 Å². The van der Waals surface area contributed by atoms with Gasteiger partial charge in [0.25, 0.3) is 0 Å². The zero-order chi connectivity index (χ0) is 16.7. The van der Waals surface area contributed by atoms with Gasteiger partial charge in [0.2, 0.25) is 5.91 Å². The van der Waals surface area contributed by atoms with E-state index < -0.39 is 0 Å². The summed E-state index contributed by atoms with van der Waals surface area (Å²) in [6, 6.07) is 16.2. The van der Waals surface area contributed by atoms with E-state index in [1.807, 2.05) is 24.3 Å². The summed E-state index contributed by atoms with van der Waals surface area (Å²) in [6.45, 7) is 4.15. The number of amides is 1. The third-order valence-electron chi connectivity index (χ3n) is 3.61. The van der Waals surface area contributed by atoms with E-state index in [0.29, 0.717) is 5.75 Å². The second-order valence-electron chi connectivity index (χ2n) is 5.56. The highest BCUT2D eigenvalue weighted by Gasteiger charge is 2.12. The minimum absolute atomic E-state index is 0.0736. The van der Waals surface area contributed by atoms with Crippen molar-refractivity contribution in [1.82, 2.24) is 5.32 Å². The number of benzene rings is 2. The Morgan fingerprint density at radius 3 is 2.61 bits per heavy atom. The normalized spacial score (nSPS) is 12.0. The number of aryl methyl sites for hydroxylation is 1. The number of hydrogen-bond acceptors (Lipinski definition) is 2. The summed E-state index contributed by atoms with van der Waals surface area (Å²) in [4.78, 5) is 12.2. The Labute approximate surface area is 147 Å². The molecule has 0 radical (unpaired) electrons. The number of nitrogens with one attached hydrogen (secondary N) is 1. The molecule has 0 bridgehead atoms. The second kappa shape index (κ2) is 8.99. The van der Waals surface area contributed by atoms with E-state index in [1.54, 1.807) is 11.8 Å². The summed E-state index contributed by atoms with van der Waals surface area (Å²) in [7, 11) is 0. The Morgan fingerprint density at radius 1 is 1.22 bits per heavy atom. The molecule has 2 rings (SSSR count). The molecule has 4 heteroatoms. The van der Waals surface area contributed by atoms with Gasteiger partial charge in [0.1, 0.15) is 0 Å². The minimum atomic E-state index is 0.0736. The van der Waals surface area contributed by atoms with E-state index in [4.69, 9.17) is 11.6 Å². The molecule has 0 saturated heterocycles. The van der Waals surface area contributed by atoms with E-state index in [0.717, 1.165) is 28.3 Å². The quantitative estimate of drug-likeness (QED) is 0.750. The first kappa shape index (κ1) is 17.9. The molecule has 0 saturated carbocycles. The lowest BCUT2D eigenvalue weighted by molar-refractivity contribution is -0.119. The first-order valence-corrected chi connectivity index (χ1v) is 9.30. The number of carbonyl (C=O) groups is 1. The van der Waals surface area contributed by atoms with Crippen LogP contribution in [0.5, 0.6) is 0 Å². The van der Waals surface area contributed by atoms with Gasteiger partial charge in [-0.3, -0.25) is 4.79 Å². The average molecular weight is 348 g/mol. The van der Waals surface area contributed by atoms with Gasteiger partial charge >= 0.3 is 0 Å². The van der Waals surface area contributed by atoms with Crippen LogP contribution in [0, 0.1) is 6.92 Å².